The van der Waals surface area contributed by atoms with Crippen LogP contribution >= 0.6 is 0 Å². The first kappa shape index (κ1) is 20.0. The van der Waals surface area contributed by atoms with Gasteiger partial charge in [0.2, 0.25) is 5.91 Å². The molecule has 0 atom stereocenters. The molecule has 0 unspecified atom stereocenters. The van der Waals surface area contributed by atoms with Crippen molar-refractivity contribution in [2.75, 3.05) is 12.9 Å². The summed E-state index contributed by atoms with van der Waals surface area (Å²) in [5, 5.41) is 0. The quantitative estimate of drug-likeness (QED) is 0.777. The number of para-hydroxylation sites is 1. The van der Waals surface area contributed by atoms with Crippen LogP contribution in [0.3, 0.4) is 0 Å². The molecule has 0 radical (unpaired) electrons. The van der Waals surface area contributed by atoms with E-state index in [9.17, 15) is 13.2 Å². The minimum atomic E-state index is -3.82. The molecule has 0 saturated carbocycles. The number of hydrogen-bond donors (Lipinski definition) is 0. The molecule has 2 rings (SSSR count). The van der Waals surface area contributed by atoms with Crippen LogP contribution in [-0.2, 0) is 21.2 Å². The Bertz CT molecular complexity index is 855. The Morgan fingerprint density at radius 1 is 1.00 bits per heavy atom. The van der Waals surface area contributed by atoms with E-state index in [2.05, 4.69) is 0 Å². The molecule has 0 spiro atoms. The van der Waals surface area contributed by atoms with E-state index in [1.807, 2.05) is 51.1 Å². The van der Waals surface area contributed by atoms with Gasteiger partial charge < -0.3 is 9.64 Å². The summed E-state index contributed by atoms with van der Waals surface area (Å²) in [5.74, 6) is -0.796. The first-order valence-electron chi connectivity index (χ1n) is 8.35. The number of benzene rings is 2. The average Bonchev–Trinajstić information content (AvgIpc) is 2.59. The van der Waals surface area contributed by atoms with Gasteiger partial charge in [0.05, 0.1) is 7.11 Å². The van der Waals surface area contributed by atoms with E-state index >= 15 is 0 Å². The Morgan fingerprint density at radius 3 is 2.15 bits per heavy atom. The first-order valence-corrected chi connectivity index (χ1v) is 10.0. The van der Waals surface area contributed by atoms with Crippen molar-refractivity contribution in [1.82, 2.24) is 4.90 Å². The predicted octanol–water partition coefficient (Wildman–Crippen LogP) is 3.30. The van der Waals surface area contributed by atoms with Gasteiger partial charge in [-0.3, -0.25) is 4.79 Å². The van der Waals surface area contributed by atoms with Gasteiger partial charge in [-0.1, -0.05) is 42.5 Å². The van der Waals surface area contributed by atoms with Crippen molar-refractivity contribution >= 4 is 15.7 Å². The molecule has 0 heterocycles. The second-order valence-corrected chi connectivity index (χ2v) is 9.00. The first-order chi connectivity index (χ1) is 12.1. The number of hydrogen-bond acceptors (Lipinski definition) is 4. The Hall–Kier alpha value is -2.34. The van der Waals surface area contributed by atoms with Crippen LogP contribution in [-0.4, -0.2) is 37.6 Å². The lowest BCUT2D eigenvalue weighted by Crippen LogP contribution is -2.47. The van der Waals surface area contributed by atoms with E-state index in [0.29, 0.717) is 6.54 Å². The monoisotopic (exact) mass is 375 g/mol. The van der Waals surface area contributed by atoms with E-state index in [0.717, 1.165) is 5.56 Å². The summed E-state index contributed by atoms with van der Waals surface area (Å²) in [7, 11) is -2.41. The van der Waals surface area contributed by atoms with Crippen molar-refractivity contribution in [2.45, 2.75) is 37.8 Å². The van der Waals surface area contributed by atoms with E-state index in [-0.39, 0.29) is 10.6 Å². The van der Waals surface area contributed by atoms with Gasteiger partial charge in [0, 0.05) is 12.1 Å². The smallest absolute Gasteiger partial charge is 0.238 e. The number of carbonyl (C=O) groups is 1. The maximum atomic E-state index is 12.9. The van der Waals surface area contributed by atoms with Gasteiger partial charge in [-0.25, -0.2) is 8.42 Å². The summed E-state index contributed by atoms with van der Waals surface area (Å²) < 4.78 is 30.7. The van der Waals surface area contributed by atoms with Crippen molar-refractivity contribution in [3.63, 3.8) is 0 Å². The third-order valence-corrected chi connectivity index (χ3v) is 5.65. The maximum absolute atomic E-state index is 12.9. The SMILES string of the molecule is COc1ccccc1S(=O)(=O)CC(=O)N(Cc1ccccc1)C(C)(C)C. The van der Waals surface area contributed by atoms with Gasteiger partial charge in [-0.05, 0) is 38.5 Å². The molecule has 5 nitrogen and oxygen atoms in total. The second kappa shape index (κ2) is 7.91. The molecule has 6 heteroatoms. The van der Waals surface area contributed by atoms with Crippen LogP contribution in [0.15, 0.2) is 59.5 Å². The minimum Gasteiger partial charge on any atom is -0.495 e. The number of methoxy groups -OCH3 is 1. The van der Waals surface area contributed by atoms with Crippen LogP contribution in [0.5, 0.6) is 5.75 Å². The minimum absolute atomic E-state index is 0.0319. The predicted molar refractivity (Wildman–Crippen MR) is 102 cm³/mol. The van der Waals surface area contributed by atoms with Gasteiger partial charge in [0.1, 0.15) is 16.4 Å². The number of rotatable bonds is 6. The summed E-state index contributed by atoms with van der Waals surface area (Å²) in [4.78, 5) is 14.5. The highest BCUT2D eigenvalue weighted by atomic mass is 32.2. The third-order valence-electron chi connectivity index (χ3n) is 4.01. The average molecular weight is 375 g/mol. The molecule has 140 valence electrons. The topological polar surface area (TPSA) is 63.7 Å². The Labute approximate surface area is 155 Å². The molecule has 0 aliphatic rings. The molecule has 0 aromatic heterocycles. The zero-order valence-electron chi connectivity index (χ0n) is 15.6. The fraction of sp³-hybridized carbons (Fsp3) is 0.350. The maximum Gasteiger partial charge on any atom is 0.238 e. The third kappa shape index (κ3) is 4.85. The van der Waals surface area contributed by atoms with Crippen LogP contribution in [0.2, 0.25) is 0 Å². The van der Waals surface area contributed by atoms with E-state index in [1.165, 1.54) is 13.2 Å². The highest BCUT2D eigenvalue weighted by Gasteiger charge is 2.31. The van der Waals surface area contributed by atoms with Gasteiger partial charge >= 0.3 is 0 Å². The van der Waals surface area contributed by atoms with Gasteiger partial charge in [-0.15, -0.1) is 0 Å². The van der Waals surface area contributed by atoms with Crippen LogP contribution in [0.25, 0.3) is 0 Å². The van der Waals surface area contributed by atoms with Crippen LogP contribution in [0, 0.1) is 0 Å². The van der Waals surface area contributed by atoms with Crippen LogP contribution in [0.1, 0.15) is 26.3 Å². The molecule has 0 bridgehead atoms. The number of carbonyl (C=O) groups excluding carboxylic acids is 1. The second-order valence-electron chi connectivity index (χ2n) is 7.05. The molecule has 1 amide bonds. The van der Waals surface area contributed by atoms with Crippen molar-refractivity contribution in [2.24, 2.45) is 0 Å². The molecular weight excluding hydrogens is 350 g/mol. The summed E-state index contributed by atoms with van der Waals surface area (Å²) >= 11 is 0. The van der Waals surface area contributed by atoms with Crippen molar-refractivity contribution in [3.05, 3.63) is 60.2 Å². The zero-order valence-corrected chi connectivity index (χ0v) is 16.4. The van der Waals surface area contributed by atoms with E-state index < -0.39 is 27.0 Å². The number of amides is 1. The molecule has 0 fully saturated rings. The van der Waals surface area contributed by atoms with E-state index in [1.54, 1.807) is 23.1 Å². The molecule has 26 heavy (non-hydrogen) atoms. The fourth-order valence-corrected chi connectivity index (χ4v) is 4.04. The summed E-state index contributed by atoms with van der Waals surface area (Å²) in [5.41, 5.74) is 0.439. The summed E-state index contributed by atoms with van der Waals surface area (Å²) in [6, 6.07) is 15.9. The molecule has 2 aromatic carbocycles. The number of sulfone groups is 1. The van der Waals surface area contributed by atoms with Crippen molar-refractivity contribution in [1.29, 1.82) is 0 Å². The fourth-order valence-electron chi connectivity index (χ4n) is 2.66. The lowest BCUT2D eigenvalue weighted by molar-refractivity contribution is -0.133. The summed E-state index contributed by atoms with van der Waals surface area (Å²) in [6.07, 6.45) is 0. The zero-order chi connectivity index (χ0) is 19.4. The largest absolute Gasteiger partial charge is 0.495 e. The lowest BCUT2D eigenvalue weighted by atomic mass is 10.0. The normalized spacial score (nSPS) is 11.8. The van der Waals surface area contributed by atoms with Crippen molar-refractivity contribution < 1.29 is 17.9 Å². The highest BCUT2D eigenvalue weighted by molar-refractivity contribution is 7.92. The van der Waals surface area contributed by atoms with Crippen molar-refractivity contribution in [3.8, 4) is 5.75 Å². The molecular formula is C20H25NO4S. The highest BCUT2D eigenvalue weighted by Crippen LogP contribution is 2.25. The van der Waals surface area contributed by atoms with E-state index in [4.69, 9.17) is 4.74 Å². The number of ether oxygens (including phenoxy) is 1. The van der Waals surface area contributed by atoms with Gasteiger partial charge in [-0.2, -0.15) is 0 Å². The molecule has 0 aliphatic heterocycles. The Kier molecular flexibility index (Phi) is 6.08. The Balaban J connectivity index is 2.29. The lowest BCUT2D eigenvalue weighted by Gasteiger charge is -2.36. The summed E-state index contributed by atoms with van der Waals surface area (Å²) in [6.45, 7) is 6.03. The molecule has 0 aliphatic carbocycles. The number of nitrogens with zero attached hydrogens (tertiary/aromatic N) is 1. The van der Waals surface area contributed by atoms with Gasteiger partial charge in [0.15, 0.2) is 9.84 Å². The molecule has 2 aromatic rings. The standard InChI is InChI=1S/C20H25NO4S/c1-20(2,3)21(14-16-10-6-5-7-11-16)19(22)15-26(23,24)18-13-9-8-12-17(18)25-4/h5-13H,14-15H2,1-4H3. The van der Waals surface area contributed by atoms with Gasteiger partial charge in [0.25, 0.3) is 0 Å². The Morgan fingerprint density at radius 2 is 1.58 bits per heavy atom. The van der Waals surface area contributed by atoms with Crippen LogP contribution < -0.4 is 4.74 Å². The van der Waals surface area contributed by atoms with Crippen LogP contribution in [0.4, 0.5) is 0 Å². The molecule has 0 N–H and O–H groups in total. The molecule has 0 saturated heterocycles.